The van der Waals surface area contributed by atoms with Crippen molar-refractivity contribution in [1.82, 2.24) is 14.5 Å². The summed E-state index contributed by atoms with van der Waals surface area (Å²) < 4.78 is 14.6. The molecule has 0 fully saturated rings. The number of H-pyrrole nitrogens is 1. The lowest BCUT2D eigenvalue weighted by atomic mass is 9.99. The first-order chi connectivity index (χ1) is 13.8. The third kappa shape index (κ3) is 4.04. The number of nitrogens with zero attached hydrogens (tertiary/aromatic N) is 3. The molecular weight excluding hydrogens is 375 g/mol. The lowest BCUT2D eigenvalue weighted by Gasteiger charge is -2.15. The summed E-state index contributed by atoms with van der Waals surface area (Å²) in [5.41, 5.74) is 0.228. The van der Waals surface area contributed by atoms with Crippen molar-refractivity contribution in [3.63, 3.8) is 0 Å². The van der Waals surface area contributed by atoms with Crippen LogP contribution in [0.3, 0.4) is 0 Å². The largest absolute Gasteiger partial charge is 0.329 e. The number of aryl methyl sites for hydroxylation is 1. The van der Waals surface area contributed by atoms with Crippen LogP contribution in [0.4, 0.5) is 4.39 Å². The molecule has 0 aliphatic heterocycles. The number of aromatic nitrogens is 3. The molecule has 2 heterocycles. The van der Waals surface area contributed by atoms with E-state index in [2.05, 4.69) is 9.97 Å². The number of halogens is 1. The molecule has 0 atom stereocenters. The second-order valence-electron chi connectivity index (χ2n) is 6.54. The summed E-state index contributed by atoms with van der Waals surface area (Å²) in [7, 11) is 0. The predicted molar refractivity (Wildman–Crippen MR) is 103 cm³/mol. The van der Waals surface area contributed by atoms with Crippen molar-refractivity contribution in [2.75, 3.05) is 0 Å². The zero-order valence-corrected chi connectivity index (χ0v) is 15.8. The van der Waals surface area contributed by atoms with E-state index >= 15 is 0 Å². The second-order valence-corrected chi connectivity index (χ2v) is 6.54. The van der Waals surface area contributed by atoms with Gasteiger partial charge in [-0.3, -0.25) is 19.1 Å². The average Bonchev–Trinajstić information content (AvgIpc) is 2.68. The van der Waals surface area contributed by atoms with Crippen LogP contribution in [-0.4, -0.2) is 20.3 Å². The molecule has 0 aliphatic rings. The third-order valence-electron chi connectivity index (χ3n) is 4.46. The molecule has 146 valence electrons. The molecule has 0 aliphatic carbocycles. The Morgan fingerprint density at radius 2 is 2.03 bits per heavy atom. The van der Waals surface area contributed by atoms with Crippen molar-refractivity contribution in [3.8, 4) is 6.07 Å². The number of pyridine rings is 1. The van der Waals surface area contributed by atoms with Crippen molar-refractivity contribution in [2.45, 2.75) is 26.8 Å². The highest BCUT2D eigenvalue weighted by atomic mass is 19.1. The van der Waals surface area contributed by atoms with Crippen LogP contribution in [0.5, 0.6) is 0 Å². The van der Waals surface area contributed by atoms with Crippen LogP contribution in [-0.2, 0) is 13.0 Å². The number of ketones is 1. The van der Waals surface area contributed by atoms with Gasteiger partial charge in [0.05, 0.1) is 18.2 Å². The highest BCUT2D eigenvalue weighted by Gasteiger charge is 2.22. The summed E-state index contributed by atoms with van der Waals surface area (Å²) in [6, 6.07) is 9.28. The van der Waals surface area contributed by atoms with Gasteiger partial charge in [-0.2, -0.15) is 9.65 Å². The fraction of sp³-hybridized carbons (Fsp3) is 0.190. The maximum Gasteiger partial charge on any atom is 0.329 e. The number of nitriles is 1. The minimum absolute atomic E-state index is 0.0760. The van der Waals surface area contributed by atoms with Crippen molar-refractivity contribution in [2.24, 2.45) is 0 Å². The Labute approximate surface area is 165 Å². The molecule has 1 N–H and O–H groups in total. The number of carbonyl (C=O) groups excluding carboxylic acids is 1. The van der Waals surface area contributed by atoms with E-state index in [0.717, 1.165) is 10.6 Å². The van der Waals surface area contributed by atoms with Gasteiger partial charge in [0.15, 0.2) is 0 Å². The molecule has 0 spiro atoms. The normalized spacial score (nSPS) is 10.6. The fourth-order valence-corrected chi connectivity index (χ4v) is 3.19. The first-order valence-corrected chi connectivity index (χ1v) is 8.87. The number of aromatic amines is 1. The number of nitrogens with one attached hydrogen (secondary N) is 1. The first-order valence-electron chi connectivity index (χ1n) is 8.87. The Morgan fingerprint density at radius 1 is 1.28 bits per heavy atom. The molecule has 1 aromatic carbocycles. The van der Waals surface area contributed by atoms with E-state index in [-0.39, 0.29) is 29.8 Å². The molecule has 29 heavy (non-hydrogen) atoms. The van der Waals surface area contributed by atoms with Gasteiger partial charge in [0.25, 0.3) is 5.56 Å². The molecule has 7 nitrogen and oxygen atoms in total. The quantitative estimate of drug-likeness (QED) is 0.528. The summed E-state index contributed by atoms with van der Waals surface area (Å²) in [5.74, 6) is -1.28. The standard InChI is InChI=1S/C21H17FN4O3/c1-3-16-18(19(27)15-7-12(2)6-14(8-15)10-23)26(21(29)25-20(16)28)11-13-4-5-24-17(22)9-13/h4-9H,3,11H2,1-2H3,(H,25,28,29). The Hall–Kier alpha value is -3.86. The molecule has 0 unspecified atom stereocenters. The fourth-order valence-electron chi connectivity index (χ4n) is 3.19. The van der Waals surface area contributed by atoms with Crippen LogP contribution in [0.2, 0.25) is 0 Å². The minimum atomic E-state index is -0.777. The topological polar surface area (TPSA) is 109 Å². The molecule has 2 aromatic heterocycles. The van der Waals surface area contributed by atoms with Gasteiger partial charge in [0.1, 0.15) is 5.69 Å². The van der Waals surface area contributed by atoms with E-state index in [1.807, 2.05) is 6.07 Å². The minimum Gasteiger partial charge on any atom is -0.287 e. The molecule has 0 radical (unpaired) electrons. The summed E-state index contributed by atoms with van der Waals surface area (Å²) in [6.07, 6.45) is 1.46. The van der Waals surface area contributed by atoms with Crippen LogP contribution in [0.15, 0.2) is 46.1 Å². The molecule has 3 rings (SSSR count). The Morgan fingerprint density at radius 3 is 2.69 bits per heavy atom. The lowest BCUT2D eigenvalue weighted by Crippen LogP contribution is -2.37. The SMILES string of the molecule is CCc1c(C(=O)c2cc(C)cc(C#N)c2)n(Cc2ccnc(F)c2)c(=O)[nH]c1=O. The van der Waals surface area contributed by atoms with Gasteiger partial charge < -0.3 is 0 Å². The molecular formula is C21H17FN4O3. The van der Waals surface area contributed by atoms with Crippen LogP contribution < -0.4 is 11.2 Å². The Kier molecular flexibility index (Phi) is 5.50. The number of rotatable bonds is 5. The van der Waals surface area contributed by atoms with Gasteiger partial charge in [-0.25, -0.2) is 9.78 Å². The van der Waals surface area contributed by atoms with Crippen molar-refractivity contribution in [1.29, 1.82) is 5.26 Å². The van der Waals surface area contributed by atoms with E-state index in [1.165, 1.54) is 18.3 Å². The van der Waals surface area contributed by atoms with Crippen LogP contribution in [0, 0.1) is 24.2 Å². The van der Waals surface area contributed by atoms with E-state index in [1.54, 1.807) is 26.0 Å². The smallest absolute Gasteiger partial charge is 0.287 e. The molecule has 0 amide bonds. The van der Waals surface area contributed by atoms with Crippen LogP contribution in [0.25, 0.3) is 0 Å². The third-order valence-corrected chi connectivity index (χ3v) is 4.46. The van der Waals surface area contributed by atoms with Crippen molar-refractivity contribution in [3.05, 3.63) is 96.8 Å². The number of hydrogen-bond acceptors (Lipinski definition) is 5. The molecule has 0 saturated carbocycles. The van der Waals surface area contributed by atoms with E-state index < -0.39 is 23.0 Å². The monoisotopic (exact) mass is 392 g/mol. The summed E-state index contributed by atoms with van der Waals surface area (Å²) in [5, 5.41) is 9.19. The predicted octanol–water partition coefficient (Wildman–Crippen LogP) is 2.09. The summed E-state index contributed by atoms with van der Waals surface area (Å²) >= 11 is 0. The molecule has 0 bridgehead atoms. The van der Waals surface area contributed by atoms with Crippen LogP contribution >= 0.6 is 0 Å². The Bertz CT molecular complexity index is 1270. The zero-order chi connectivity index (χ0) is 21.1. The van der Waals surface area contributed by atoms with Gasteiger partial charge >= 0.3 is 5.69 Å². The zero-order valence-electron chi connectivity index (χ0n) is 15.8. The molecule has 3 aromatic rings. The summed E-state index contributed by atoms with van der Waals surface area (Å²) in [4.78, 5) is 43.9. The maximum atomic E-state index is 13.5. The first kappa shape index (κ1) is 19.9. The van der Waals surface area contributed by atoms with E-state index in [4.69, 9.17) is 0 Å². The molecule has 8 heteroatoms. The van der Waals surface area contributed by atoms with E-state index in [0.29, 0.717) is 16.7 Å². The van der Waals surface area contributed by atoms with Gasteiger partial charge in [0.2, 0.25) is 11.7 Å². The number of benzene rings is 1. The Balaban J connectivity index is 2.25. The maximum absolute atomic E-state index is 13.5. The lowest BCUT2D eigenvalue weighted by molar-refractivity contribution is 0.102. The number of carbonyl (C=O) groups is 1. The summed E-state index contributed by atoms with van der Waals surface area (Å²) in [6.45, 7) is 3.31. The average molecular weight is 392 g/mol. The van der Waals surface area contributed by atoms with Crippen molar-refractivity contribution >= 4 is 5.78 Å². The second kappa shape index (κ2) is 8.02. The van der Waals surface area contributed by atoms with Crippen molar-refractivity contribution < 1.29 is 9.18 Å². The number of hydrogen-bond donors (Lipinski definition) is 1. The van der Waals surface area contributed by atoms with Crippen LogP contribution in [0.1, 0.15) is 45.2 Å². The molecule has 0 saturated heterocycles. The highest BCUT2D eigenvalue weighted by molar-refractivity contribution is 6.09. The van der Waals surface area contributed by atoms with Gasteiger partial charge in [-0.1, -0.05) is 6.92 Å². The van der Waals surface area contributed by atoms with Gasteiger partial charge in [-0.15, -0.1) is 0 Å². The van der Waals surface area contributed by atoms with E-state index in [9.17, 15) is 24.0 Å². The van der Waals surface area contributed by atoms with Gasteiger partial charge in [0, 0.05) is 17.3 Å². The van der Waals surface area contributed by atoms with Gasteiger partial charge in [-0.05, 0) is 54.8 Å². The highest BCUT2D eigenvalue weighted by Crippen LogP contribution is 2.16.